The molecule has 5 heteroatoms. The summed E-state index contributed by atoms with van der Waals surface area (Å²) in [4.78, 5) is 0.280. The van der Waals surface area contributed by atoms with Gasteiger partial charge in [-0.1, -0.05) is 26.7 Å². The van der Waals surface area contributed by atoms with E-state index < -0.39 is 10.0 Å². The quantitative estimate of drug-likeness (QED) is 0.858. The minimum atomic E-state index is -3.43. The highest BCUT2D eigenvalue weighted by Gasteiger charge is 2.36. The summed E-state index contributed by atoms with van der Waals surface area (Å²) < 4.78 is 26.8. The molecule has 1 fully saturated rings. The van der Waals surface area contributed by atoms with Gasteiger partial charge in [-0.15, -0.1) is 0 Å². The number of hydrogen-bond acceptors (Lipinski definition) is 3. The highest BCUT2D eigenvalue weighted by atomic mass is 32.2. The van der Waals surface area contributed by atoms with Crippen LogP contribution in [0.15, 0.2) is 29.2 Å². The molecule has 114 valence electrons. The van der Waals surface area contributed by atoms with E-state index in [0.717, 1.165) is 25.7 Å². The van der Waals surface area contributed by atoms with Crippen molar-refractivity contribution in [2.45, 2.75) is 44.4 Å². The molecule has 0 aliphatic carbocycles. The van der Waals surface area contributed by atoms with Gasteiger partial charge in [0.1, 0.15) is 0 Å². The minimum Gasteiger partial charge on any atom is -0.207 e. The molecule has 21 heavy (non-hydrogen) atoms. The van der Waals surface area contributed by atoms with Gasteiger partial charge in [-0.05, 0) is 42.5 Å². The molecular weight excluding hydrogens is 284 g/mol. The van der Waals surface area contributed by atoms with E-state index in [2.05, 4.69) is 13.8 Å². The molecule has 0 aromatic heterocycles. The summed E-state index contributed by atoms with van der Waals surface area (Å²) in [6.45, 7) is 5.55. The van der Waals surface area contributed by atoms with Gasteiger partial charge in [0.15, 0.2) is 0 Å². The van der Waals surface area contributed by atoms with E-state index in [-0.39, 0.29) is 4.90 Å². The molecule has 0 atom stereocenters. The monoisotopic (exact) mass is 306 g/mol. The van der Waals surface area contributed by atoms with Crippen molar-refractivity contribution < 1.29 is 8.42 Å². The average Bonchev–Trinajstić information content (AvgIpc) is 2.55. The summed E-state index contributed by atoms with van der Waals surface area (Å²) in [5.41, 5.74) is 0.778. The number of benzene rings is 1. The molecule has 0 spiro atoms. The Bertz CT molecular complexity index is 615. The zero-order valence-electron chi connectivity index (χ0n) is 12.7. The van der Waals surface area contributed by atoms with Gasteiger partial charge < -0.3 is 0 Å². The Hall–Kier alpha value is -1.38. The minimum absolute atomic E-state index is 0.280. The van der Waals surface area contributed by atoms with E-state index in [1.54, 1.807) is 16.4 Å². The first-order chi connectivity index (χ1) is 9.97. The third kappa shape index (κ3) is 3.12. The van der Waals surface area contributed by atoms with E-state index in [0.29, 0.717) is 24.1 Å². The first-order valence-electron chi connectivity index (χ1n) is 7.48. The van der Waals surface area contributed by atoms with Gasteiger partial charge in [-0.2, -0.15) is 9.57 Å². The van der Waals surface area contributed by atoms with Crippen molar-refractivity contribution >= 4 is 10.0 Å². The van der Waals surface area contributed by atoms with Crippen molar-refractivity contribution in [1.82, 2.24) is 4.31 Å². The standard InChI is InChI=1S/C16H22N2O2S/c1-3-16(4-2)9-11-18(12-10-16)21(19,20)15-7-5-14(13-17)6-8-15/h5-8H,3-4,9-12H2,1-2H3. The predicted octanol–water partition coefficient (Wildman–Crippen LogP) is 3.15. The Morgan fingerprint density at radius 3 is 2.10 bits per heavy atom. The molecular formula is C16H22N2O2S. The van der Waals surface area contributed by atoms with Crippen molar-refractivity contribution in [1.29, 1.82) is 5.26 Å². The number of nitrogens with zero attached hydrogens (tertiary/aromatic N) is 2. The largest absolute Gasteiger partial charge is 0.243 e. The van der Waals surface area contributed by atoms with Gasteiger partial charge in [-0.25, -0.2) is 8.42 Å². The van der Waals surface area contributed by atoms with Crippen LogP contribution >= 0.6 is 0 Å². The van der Waals surface area contributed by atoms with E-state index >= 15 is 0 Å². The van der Waals surface area contributed by atoms with Crippen molar-refractivity contribution in [3.63, 3.8) is 0 Å². The Labute approximate surface area is 127 Å². The predicted molar refractivity (Wildman–Crippen MR) is 82.2 cm³/mol. The normalized spacial score (nSPS) is 19.1. The van der Waals surface area contributed by atoms with Crippen LogP contribution in [-0.2, 0) is 10.0 Å². The van der Waals surface area contributed by atoms with Crippen LogP contribution in [0, 0.1) is 16.7 Å². The second kappa shape index (κ2) is 6.17. The second-order valence-corrected chi connectivity index (χ2v) is 7.69. The lowest BCUT2D eigenvalue weighted by atomic mass is 9.75. The maximum Gasteiger partial charge on any atom is 0.243 e. The summed E-state index contributed by atoms with van der Waals surface area (Å²) in [5, 5.41) is 8.78. The van der Waals surface area contributed by atoms with E-state index in [1.807, 2.05) is 6.07 Å². The van der Waals surface area contributed by atoms with E-state index in [1.165, 1.54) is 12.1 Å². The number of sulfonamides is 1. The molecule has 1 heterocycles. The lowest BCUT2D eigenvalue weighted by Crippen LogP contribution is -2.42. The molecule has 0 N–H and O–H groups in total. The van der Waals surface area contributed by atoms with E-state index in [4.69, 9.17) is 5.26 Å². The number of hydrogen-bond donors (Lipinski definition) is 0. The van der Waals surface area contributed by atoms with Crippen LogP contribution in [0.5, 0.6) is 0 Å². The molecule has 0 bridgehead atoms. The van der Waals surface area contributed by atoms with Crippen LogP contribution in [0.4, 0.5) is 0 Å². The summed E-state index contributed by atoms with van der Waals surface area (Å²) in [6.07, 6.45) is 4.06. The van der Waals surface area contributed by atoms with Gasteiger partial charge in [-0.3, -0.25) is 0 Å². The zero-order chi connectivity index (χ0) is 15.5. The second-order valence-electron chi connectivity index (χ2n) is 5.75. The van der Waals surface area contributed by atoms with Crippen molar-refractivity contribution in [2.24, 2.45) is 5.41 Å². The SMILES string of the molecule is CCC1(CC)CCN(S(=O)(=O)c2ccc(C#N)cc2)CC1. The number of rotatable bonds is 4. The molecule has 0 unspecified atom stereocenters. The number of nitriles is 1. The Morgan fingerprint density at radius 2 is 1.67 bits per heavy atom. The molecule has 0 radical (unpaired) electrons. The third-order valence-electron chi connectivity index (χ3n) is 4.90. The Balaban J connectivity index is 2.16. The summed E-state index contributed by atoms with van der Waals surface area (Å²) in [7, 11) is -3.43. The molecule has 1 aromatic carbocycles. The van der Waals surface area contributed by atoms with Crippen molar-refractivity contribution in [3.05, 3.63) is 29.8 Å². The third-order valence-corrected chi connectivity index (χ3v) is 6.82. The maximum atomic E-state index is 12.6. The van der Waals surface area contributed by atoms with Gasteiger partial charge in [0.2, 0.25) is 10.0 Å². The summed E-state index contributed by atoms with van der Waals surface area (Å²) >= 11 is 0. The molecule has 1 aliphatic rings. The van der Waals surface area contributed by atoms with Gasteiger partial charge >= 0.3 is 0 Å². The lowest BCUT2D eigenvalue weighted by Gasteiger charge is -2.40. The van der Waals surface area contributed by atoms with Crippen LogP contribution in [0.3, 0.4) is 0 Å². The first kappa shape index (κ1) is 16.0. The molecule has 1 saturated heterocycles. The molecule has 1 aliphatic heterocycles. The molecule has 4 nitrogen and oxygen atoms in total. The van der Waals surface area contributed by atoms with E-state index in [9.17, 15) is 8.42 Å². The van der Waals surface area contributed by atoms with Crippen LogP contribution in [-0.4, -0.2) is 25.8 Å². The summed E-state index contributed by atoms with van der Waals surface area (Å²) in [5.74, 6) is 0. The van der Waals surface area contributed by atoms with Crippen molar-refractivity contribution in [3.8, 4) is 6.07 Å². The fourth-order valence-corrected chi connectivity index (χ4v) is 4.45. The highest BCUT2D eigenvalue weighted by Crippen LogP contribution is 2.39. The van der Waals surface area contributed by atoms with Gasteiger partial charge in [0, 0.05) is 13.1 Å². The summed E-state index contributed by atoms with van der Waals surface area (Å²) in [6, 6.07) is 8.16. The fourth-order valence-electron chi connectivity index (χ4n) is 3.01. The topological polar surface area (TPSA) is 61.2 Å². The molecule has 2 rings (SSSR count). The van der Waals surface area contributed by atoms with Crippen LogP contribution in [0.1, 0.15) is 45.1 Å². The fraction of sp³-hybridized carbons (Fsp3) is 0.562. The van der Waals surface area contributed by atoms with Gasteiger partial charge in [0.25, 0.3) is 0 Å². The smallest absolute Gasteiger partial charge is 0.207 e. The number of piperidine rings is 1. The Kier molecular flexibility index (Phi) is 4.70. The molecule has 0 amide bonds. The average molecular weight is 306 g/mol. The van der Waals surface area contributed by atoms with Crippen LogP contribution in [0.2, 0.25) is 0 Å². The van der Waals surface area contributed by atoms with Crippen LogP contribution in [0.25, 0.3) is 0 Å². The first-order valence-corrected chi connectivity index (χ1v) is 8.92. The van der Waals surface area contributed by atoms with Gasteiger partial charge in [0.05, 0.1) is 16.5 Å². The highest BCUT2D eigenvalue weighted by molar-refractivity contribution is 7.89. The molecule has 0 saturated carbocycles. The van der Waals surface area contributed by atoms with Crippen LogP contribution < -0.4 is 0 Å². The molecule has 1 aromatic rings. The Morgan fingerprint density at radius 1 is 1.14 bits per heavy atom. The zero-order valence-corrected chi connectivity index (χ0v) is 13.5. The lowest BCUT2D eigenvalue weighted by molar-refractivity contribution is 0.141. The maximum absolute atomic E-state index is 12.6. The van der Waals surface area contributed by atoms with Crippen molar-refractivity contribution in [2.75, 3.05) is 13.1 Å².